The molecule has 2 aromatic rings. The van der Waals surface area contributed by atoms with Crippen LogP contribution < -0.4 is 28.5 Å². The van der Waals surface area contributed by atoms with E-state index >= 15 is 0 Å². The lowest BCUT2D eigenvalue weighted by atomic mass is 10.3. The van der Waals surface area contributed by atoms with Crippen LogP contribution in [-0.2, 0) is 0 Å². The maximum atomic E-state index is 2.37. The number of aromatic nitrogens is 1. The van der Waals surface area contributed by atoms with E-state index in [1.807, 2.05) is 23.1 Å². The van der Waals surface area contributed by atoms with E-state index in [-0.39, 0.29) is 24.0 Å². The Balaban J connectivity index is 0.000000853. The Labute approximate surface area is 127 Å². The standard InChI is InChI=1S/C10H7INS2.HI/c11-5-7-6-13-10-12(7)8-3-1-2-4-9(8)14-10;/h1-5H,6H2;1H/q+1;/p-1. The first kappa shape index (κ1) is 12.1. The summed E-state index contributed by atoms with van der Waals surface area (Å²) in [7, 11) is 0. The minimum absolute atomic E-state index is 0. The summed E-state index contributed by atoms with van der Waals surface area (Å²) in [4.78, 5) is 0. The second kappa shape index (κ2) is 4.89. The van der Waals surface area contributed by atoms with Crippen molar-refractivity contribution in [2.45, 2.75) is 4.34 Å². The SMILES string of the molecule is IC=C1CSc2sc3ccccc3[n+]21.[I-]. The molecule has 0 atom stereocenters. The van der Waals surface area contributed by atoms with E-state index < -0.39 is 0 Å². The molecule has 5 heteroatoms. The molecule has 1 aliphatic heterocycles. The molecule has 0 unspecified atom stereocenters. The molecule has 1 aromatic carbocycles. The third kappa shape index (κ3) is 1.96. The molecule has 0 spiro atoms. The van der Waals surface area contributed by atoms with Gasteiger partial charge < -0.3 is 24.0 Å². The van der Waals surface area contributed by atoms with Gasteiger partial charge in [-0.05, 0) is 40.4 Å². The smallest absolute Gasteiger partial charge is 0.304 e. The van der Waals surface area contributed by atoms with Crippen molar-refractivity contribution < 1.29 is 28.5 Å². The Hall–Kier alpha value is 0.660. The lowest BCUT2D eigenvalue weighted by Crippen LogP contribution is -3.00. The fraction of sp³-hybridized carbons (Fsp3) is 0.100. The summed E-state index contributed by atoms with van der Waals surface area (Å²) in [6, 6.07) is 8.60. The van der Waals surface area contributed by atoms with Crippen LogP contribution in [0.15, 0.2) is 32.7 Å². The predicted molar refractivity (Wildman–Crippen MR) is 71.0 cm³/mol. The normalized spacial score (nSPS) is 16.7. The van der Waals surface area contributed by atoms with Crippen LogP contribution >= 0.6 is 45.7 Å². The second-order valence-electron chi connectivity index (χ2n) is 3.06. The molecule has 0 fully saturated rings. The summed E-state index contributed by atoms with van der Waals surface area (Å²) in [6.45, 7) is 0. The van der Waals surface area contributed by atoms with E-state index in [2.05, 4.69) is 55.5 Å². The summed E-state index contributed by atoms with van der Waals surface area (Å²) in [5.41, 5.74) is 2.75. The fourth-order valence-corrected chi connectivity index (χ4v) is 4.83. The third-order valence-corrected chi connectivity index (χ3v) is 5.36. The number of rotatable bonds is 0. The van der Waals surface area contributed by atoms with Crippen molar-refractivity contribution in [3.63, 3.8) is 0 Å². The van der Waals surface area contributed by atoms with Gasteiger partial charge in [0, 0.05) is 10.1 Å². The summed E-state index contributed by atoms with van der Waals surface area (Å²) < 4.78 is 7.34. The van der Waals surface area contributed by atoms with Gasteiger partial charge in [0.25, 0.3) is 0 Å². The Morgan fingerprint density at radius 2 is 2.13 bits per heavy atom. The van der Waals surface area contributed by atoms with E-state index in [9.17, 15) is 0 Å². The van der Waals surface area contributed by atoms with Gasteiger partial charge in [-0.25, -0.2) is 0 Å². The highest BCUT2D eigenvalue weighted by atomic mass is 127. The molecule has 15 heavy (non-hydrogen) atoms. The molecular formula is C10H7I2NS2. The first-order valence-electron chi connectivity index (χ1n) is 4.26. The van der Waals surface area contributed by atoms with Gasteiger partial charge in [-0.1, -0.05) is 23.5 Å². The van der Waals surface area contributed by atoms with Crippen molar-refractivity contribution in [1.29, 1.82) is 0 Å². The summed E-state index contributed by atoms with van der Waals surface area (Å²) >= 11 is 6.15. The Morgan fingerprint density at radius 1 is 1.33 bits per heavy atom. The van der Waals surface area contributed by atoms with Gasteiger partial charge in [0.15, 0.2) is 0 Å². The molecule has 3 rings (SSSR count). The van der Waals surface area contributed by atoms with Gasteiger partial charge in [-0.3, -0.25) is 0 Å². The summed E-state index contributed by atoms with van der Waals surface area (Å²) in [6.07, 6.45) is 0. The predicted octanol–water partition coefficient (Wildman–Crippen LogP) is 0.532. The molecule has 1 nitrogen and oxygen atoms in total. The van der Waals surface area contributed by atoms with Crippen LogP contribution in [0.1, 0.15) is 0 Å². The molecule has 0 N–H and O–H groups in total. The highest BCUT2D eigenvalue weighted by Gasteiger charge is 2.31. The van der Waals surface area contributed by atoms with Crippen molar-refractivity contribution in [1.82, 2.24) is 0 Å². The van der Waals surface area contributed by atoms with Crippen LogP contribution in [0.25, 0.3) is 15.9 Å². The molecule has 0 amide bonds. The fourth-order valence-electron chi connectivity index (χ4n) is 1.61. The molecule has 0 bridgehead atoms. The number of hydrogen-bond donors (Lipinski definition) is 0. The summed E-state index contributed by atoms with van der Waals surface area (Å²) in [5.74, 6) is 1.11. The number of thiazole rings is 1. The van der Waals surface area contributed by atoms with E-state index in [0.29, 0.717) is 0 Å². The number of benzene rings is 1. The van der Waals surface area contributed by atoms with Gasteiger partial charge in [0.05, 0.1) is 5.75 Å². The number of para-hydroxylation sites is 1. The summed E-state index contributed by atoms with van der Waals surface area (Å²) in [5, 5.41) is 0. The zero-order valence-electron chi connectivity index (χ0n) is 7.61. The Kier molecular flexibility index (Phi) is 3.95. The first-order chi connectivity index (χ1) is 6.90. The van der Waals surface area contributed by atoms with E-state index in [0.717, 1.165) is 5.75 Å². The van der Waals surface area contributed by atoms with Crippen LogP contribution in [0.4, 0.5) is 0 Å². The lowest BCUT2D eigenvalue weighted by Gasteiger charge is -1.88. The lowest BCUT2D eigenvalue weighted by molar-refractivity contribution is -0.582. The minimum Gasteiger partial charge on any atom is -1.00 e. The van der Waals surface area contributed by atoms with E-state index in [1.54, 1.807) is 0 Å². The highest BCUT2D eigenvalue weighted by molar-refractivity contribution is 14.1. The number of thioether (sulfide) groups is 1. The third-order valence-electron chi connectivity index (χ3n) is 2.24. The van der Waals surface area contributed by atoms with Crippen LogP contribution in [0, 0.1) is 0 Å². The molecule has 1 aliphatic rings. The van der Waals surface area contributed by atoms with Gasteiger partial charge in [-0.15, -0.1) is 4.57 Å². The number of halogens is 2. The second-order valence-corrected chi connectivity index (χ2v) is 5.94. The molecule has 0 aliphatic carbocycles. The Morgan fingerprint density at radius 3 is 2.93 bits per heavy atom. The quantitative estimate of drug-likeness (QED) is 0.411. The maximum Gasteiger partial charge on any atom is 0.304 e. The van der Waals surface area contributed by atoms with Crippen LogP contribution in [0.2, 0.25) is 0 Å². The molecule has 0 saturated heterocycles. The topological polar surface area (TPSA) is 3.88 Å². The largest absolute Gasteiger partial charge is 1.00 e. The van der Waals surface area contributed by atoms with E-state index in [4.69, 9.17) is 0 Å². The zero-order valence-corrected chi connectivity index (χ0v) is 13.6. The van der Waals surface area contributed by atoms with Gasteiger partial charge in [0.2, 0.25) is 11.2 Å². The average Bonchev–Trinajstić information content (AvgIpc) is 2.75. The highest BCUT2D eigenvalue weighted by Crippen LogP contribution is 2.35. The van der Waals surface area contributed by atoms with Crippen molar-refractivity contribution in [2.75, 3.05) is 5.75 Å². The molecule has 2 heterocycles. The monoisotopic (exact) mass is 459 g/mol. The van der Waals surface area contributed by atoms with Crippen LogP contribution in [-0.4, -0.2) is 5.75 Å². The van der Waals surface area contributed by atoms with Crippen molar-refractivity contribution in [2.24, 2.45) is 0 Å². The first-order valence-corrected chi connectivity index (χ1v) is 7.31. The average molecular weight is 459 g/mol. The van der Waals surface area contributed by atoms with Crippen LogP contribution in [0.5, 0.6) is 0 Å². The minimum atomic E-state index is 0. The van der Waals surface area contributed by atoms with Crippen molar-refractivity contribution >= 4 is 61.6 Å². The van der Waals surface area contributed by atoms with Gasteiger partial charge in [0.1, 0.15) is 4.70 Å². The Bertz CT molecular complexity index is 533. The molecule has 1 aromatic heterocycles. The number of fused-ring (bicyclic) bond motifs is 3. The van der Waals surface area contributed by atoms with Crippen molar-refractivity contribution in [3.8, 4) is 0 Å². The molecule has 0 radical (unpaired) electrons. The molecular weight excluding hydrogens is 452 g/mol. The van der Waals surface area contributed by atoms with Gasteiger partial charge >= 0.3 is 4.34 Å². The van der Waals surface area contributed by atoms with E-state index in [1.165, 1.54) is 20.3 Å². The van der Waals surface area contributed by atoms with Gasteiger partial charge in [-0.2, -0.15) is 0 Å². The van der Waals surface area contributed by atoms with Crippen molar-refractivity contribution in [3.05, 3.63) is 28.3 Å². The zero-order chi connectivity index (χ0) is 9.54. The number of nitrogens with zero attached hydrogens (tertiary/aromatic N) is 1. The number of hydrogen-bond acceptors (Lipinski definition) is 2. The van der Waals surface area contributed by atoms with Crippen LogP contribution in [0.3, 0.4) is 0 Å². The molecule has 78 valence electrons. The molecule has 0 saturated carbocycles. The maximum absolute atomic E-state index is 2.37.